The van der Waals surface area contributed by atoms with Crippen molar-refractivity contribution in [2.45, 2.75) is 50.9 Å². The summed E-state index contributed by atoms with van der Waals surface area (Å²) in [6, 6.07) is 3.69. The van der Waals surface area contributed by atoms with Crippen molar-refractivity contribution in [3.8, 4) is 5.88 Å². The predicted molar refractivity (Wildman–Crippen MR) is 101 cm³/mol. The van der Waals surface area contributed by atoms with Gasteiger partial charge in [-0.05, 0) is 31.7 Å². The largest absolute Gasteiger partial charge is 0.474 e. The maximum Gasteiger partial charge on any atom is 0.390 e. The van der Waals surface area contributed by atoms with Crippen molar-refractivity contribution >= 4 is 29.9 Å². The number of rotatable bonds is 6. The number of hydrogen-bond donors (Lipinski definition) is 2. The molecule has 0 unspecified atom stereocenters. The van der Waals surface area contributed by atoms with Gasteiger partial charge < -0.3 is 15.4 Å². The molecule has 0 radical (unpaired) electrons. The first-order valence-corrected chi connectivity index (χ1v) is 8.10. The van der Waals surface area contributed by atoms with E-state index in [1.807, 2.05) is 6.07 Å². The van der Waals surface area contributed by atoms with E-state index in [9.17, 15) is 13.2 Å². The minimum absolute atomic E-state index is 0. The second-order valence-electron chi connectivity index (χ2n) is 5.71. The molecule has 9 heteroatoms. The number of alkyl halides is 3. The molecular weight excluding hydrogens is 448 g/mol. The lowest BCUT2D eigenvalue weighted by Gasteiger charge is -2.17. The third kappa shape index (κ3) is 8.10. The molecule has 1 aromatic heterocycles. The van der Waals surface area contributed by atoms with E-state index >= 15 is 0 Å². The second kappa shape index (κ2) is 10.7. The van der Waals surface area contributed by atoms with Gasteiger partial charge in [0.15, 0.2) is 5.96 Å². The summed E-state index contributed by atoms with van der Waals surface area (Å²) in [5, 5.41) is 5.64. The Bertz CT molecular complexity index is 548. The van der Waals surface area contributed by atoms with Crippen molar-refractivity contribution in [2.75, 3.05) is 13.6 Å². The van der Waals surface area contributed by atoms with Crippen molar-refractivity contribution in [1.29, 1.82) is 0 Å². The number of aromatic nitrogens is 1. The Morgan fingerprint density at radius 3 is 2.68 bits per heavy atom. The zero-order valence-electron chi connectivity index (χ0n) is 14.1. The fourth-order valence-corrected chi connectivity index (χ4v) is 2.55. The molecule has 2 N–H and O–H groups in total. The lowest BCUT2D eigenvalue weighted by Crippen LogP contribution is -2.38. The zero-order valence-corrected chi connectivity index (χ0v) is 16.4. The van der Waals surface area contributed by atoms with Crippen LogP contribution in [0.1, 0.15) is 37.7 Å². The molecule has 0 amide bonds. The third-order valence-electron chi connectivity index (χ3n) is 3.80. The highest BCUT2D eigenvalue weighted by Gasteiger charge is 2.26. The number of ether oxygens (including phenoxy) is 1. The van der Waals surface area contributed by atoms with Crippen LogP contribution in [0.2, 0.25) is 0 Å². The Hall–Kier alpha value is -1.26. The molecule has 0 atom stereocenters. The smallest absolute Gasteiger partial charge is 0.390 e. The van der Waals surface area contributed by atoms with Gasteiger partial charge in [-0.15, -0.1) is 24.0 Å². The van der Waals surface area contributed by atoms with Crippen LogP contribution in [0, 0.1) is 0 Å². The van der Waals surface area contributed by atoms with E-state index in [0.29, 0.717) is 18.4 Å². The summed E-state index contributed by atoms with van der Waals surface area (Å²) < 4.78 is 42.5. The molecule has 0 aromatic carbocycles. The minimum atomic E-state index is -4.18. The van der Waals surface area contributed by atoms with Crippen LogP contribution in [0.15, 0.2) is 23.3 Å². The number of nitrogens with one attached hydrogen (secondary N) is 2. The monoisotopic (exact) mass is 472 g/mol. The molecule has 0 saturated heterocycles. The average molecular weight is 472 g/mol. The lowest BCUT2D eigenvalue weighted by atomic mass is 10.2. The van der Waals surface area contributed by atoms with Gasteiger partial charge in [0.25, 0.3) is 0 Å². The van der Waals surface area contributed by atoms with Gasteiger partial charge in [0.05, 0.1) is 6.42 Å². The maximum absolute atomic E-state index is 12.2. The number of pyridine rings is 1. The van der Waals surface area contributed by atoms with E-state index < -0.39 is 12.6 Å². The number of halogens is 4. The van der Waals surface area contributed by atoms with Crippen molar-refractivity contribution in [2.24, 2.45) is 4.99 Å². The molecule has 1 aliphatic carbocycles. The van der Waals surface area contributed by atoms with Gasteiger partial charge in [-0.25, -0.2) is 4.98 Å². The summed E-state index contributed by atoms with van der Waals surface area (Å²) in [5.41, 5.74) is 0.850. The van der Waals surface area contributed by atoms with Crippen LogP contribution < -0.4 is 15.4 Å². The minimum Gasteiger partial charge on any atom is -0.474 e. The van der Waals surface area contributed by atoms with E-state index in [1.165, 1.54) is 19.9 Å². The van der Waals surface area contributed by atoms with Crippen molar-refractivity contribution in [3.63, 3.8) is 0 Å². The molecule has 1 aliphatic rings. The van der Waals surface area contributed by atoms with E-state index in [0.717, 1.165) is 18.4 Å². The third-order valence-corrected chi connectivity index (χ3v) is 3.80. The van der Waals surface area contributed by atoms with Crippen molar-refractivity contribution < 1.29 is 17.9 Å². The normalized spacial score (nSPS) is 15.6. The molecule has 0 aliphatic heterocycles. The first-order chi connectivity index (χ1) is 11.5. The van der Waals surface area contributed by atoms with E-state index in [2.05, 4.69) is 20.6 Å². The fraction of sp³-hybridized carbons (Fsp3) is 0.625. The predicted octanol–water partition coefficient (Wildman–Crippen LogP) is 3.64. The number of aliphatic imine (C=N–C) groups is 1. The highest BCUT2D eigenvalue weighted by atomic mass is 127. The quantitative estimate of drug-likeness (QED) is 0.377. The summed E-state index contributed by atoms with van der Waals surface area (Å²) >= 11 is 0. The highest BCUT2D eigenvalue weighted by molar-refractivity contribution is 14.0. The molecule has 1 heterocycles. The summed E-state index contributed by atoms with van der Waals surface area (Å²) in [6.07, 6.45) is 1.18. The van der Waals surface area contributed by atoms with Crippen LogP contribution in [0.5, 0.6) is 5.88 Å². The maximum atomic E-state index is 12.2. The van der Waals surface area contributed by atoms with Crippen LogP contribution in [0.3, 0.4) is 0 Å². The topological polar surface area (TPSA) is 58.5 Å². The van der Waals surface area contributed by atoms with E-state index in [4.69, 9.17) is 4.74 Å². The summed E-state index contributed by atoms with van der Waals surface area (Å²) in [6.45, 7) is 0.156. The summed E-state index contributed by atoms with van der Waals surface area (Å²) in [7, 11) is 1.52. The van der Waals surface area contributed by atoms with Crippen LogP contribution in [0.25, 0.3) is 0 Å². The Balaban J connectivity index is 0.00000312. The van der Waals surface area contributed by atoms with Gasteiger partial charge in [0.2, 0.25) is 5.88 Å². The summed E-state index contributed by atoms with van der Waals surface area (Å²) in [4.78, 5) is 8.19. The van der Waals surface area contributed by atoms with E-state index in [-0.39, 0.29) is 36.6 Å². The van der Waals surface area contributed by atoms with Gasteiger partial charge in [-0.3, -0.25) is 4.99 Å². The average Bonchev–Trinajstić information content (AvgIpc) is 3.04. The molecule has 1 fully saturated rings. The lowest BCUT2D eigenvalue weighted by molar-refractivity contribution is -0.132. The Labute approximate surface area is 162 Å². The molecule has 0 bridgehead atoms. The first kappa shape index (κ1) is 21.8. The molecule has 25 heavy (non-hydrogen) atoms. The molecule has 142 valence electrons. The number of hydrogen-bond acceptors (Lipinski definition) is 3. The zero-order chi connectivity index (χ0) is 17.4. The Kier molecular flexibility index (Phi) is 9.30. The number of guanidine groups is 1. The van der Waals surface area contributed by atoms with E-state index in [1.54, 1.807) is 12.3 Å². The van der Waals surface area contributed by atoms with Crippen LogP contribution in [0.4, 0.5) is 13.2 Å². The van der Waals surface area contributed by atoms with Crippen LogP contribution in [-0.2, 0) is 6.54 Å². The fourth-order valence-electron chi connectivity index (χ4n) is 2.55. The molecule has 0 spiro atoms. The molecule has 1 saturated carbocycles. The number of nitrogens with zero attached hydrogens (tertiary/aromatic N) is 2. The van der Waals surface area contributed by atoms with Gasteiger partial charge in [0.1, 0.15) is 6.10 Å². The van der Waals surface area contributed by atoms with Gasteiger partial charge in [0, 0.05) is 31.9 Å². The summed E-state index contributed by atoms with van der Waals surface area (Å²) in [5.74, 6) is 0.887. The van der Waals surface area contributed by atoms with Gasteiger partial charge in [-0.2, -0.15) is 13.2 Å². The van der Waals surface area contributed by atoms with Crippen LogP contribution in [-0.4, -0.2) is 36.8 Å². The SMILES string of the molecule is CN=C(NCCC(F)(F)F)NCc1cccnc1OC1CCCC1.I. The highest BCUT2D eigenvalue weighted by Crippen LogP contribution is 2.25. The standard InChI is InChI=1S/C16H23F3N4O.HI/c1-20-15(22-10-8-16(17,18)19)23-11-12-5-4-9-21-14(12)24-13-6-2-3-7-13;/h4-5,9,13H,2-3,6-8,10-11H2,1H3,(H2,20,22,23);1H. The Morgan fingerprint density at radius 1 is 1.32 bits per heavy atom. The van der Waals surface area contributed by atoms with Crippen molar-refractivity contribution in [3.05, 3.63) is 23.9 Å². The molecule has 1 aromatic rings. The second-order valence-corrected chi connectivity index (χ2v) is 5.71. The molecule has 2 rings (SSSR count). The molecular formula is C16H24F3IN4O. The van der Waals surface area contributed by atoms with Crippen LogP contribution >= 0.6 is 24.0 Å². The Morgan fingerprint density at radius 2 is 2.04 bits per heavy atom. The van der Waals surface area contributed by atoms with Crippen molar-refractivity contribution in [1.82, 2.24) is 15.6 Å². The van der Waals surface area contributed by atoms with Gasteiger partial charge >= 0.3 is 6.18 Å². The first-order valence-electron chi connectivity index (χ1n) is 8.10. The molecule has 5 nitrogen and oxygen atoms in total. The van der Waals surface area contributed by atoms with Gasteiger partial charge in [-0.1, -0.05) is 6.07 Å².